The minimum atomic E-state index is -0.626. The Morgan fingerprint density at radius 3 is 2.68 bits per heavy atom. The van der Waals surface area contributed by atoms with Crippen LogP contribution in [-0.4, -0.2) is 25.7 Å². The normalized spacial score (nSPS) is 17.0. The molecule has 1 N–H and O–H groups in total. The van der Waals surface area contributed by atoms with Gasteiger partial charge in [0.1, 0.15) is 17.2 Å². The standard InChI is InChI=1S/C19H20ClNO4/c1-12(25-15-6-4-14(23-2)5-7-15)19(22)21-17-9-10-24-18-8-3-13(20)11-16(17)18/h3-8,11-12,17H,9-10H2,1-2H3,(H,21,22). The molecule has 25 heavy (non-hydrogen) atoms. The second-order valence-electron chi connectivity index (χ2n) is 5.82. The number of amides is 1. The van der Waals surface area contributed by atoms with Gasteiger partial charge in [-0.3, -0.25) is 4.79 Å². The molecule has 2 aromatic rings. The highest BCUT2D eigenvalue weighted by molar-refractivity contribution is 6.30. The average Bonchev–Trinajstić information content (AvgIpc) is 2.62. The molecule has 2 unspecified atom stereocenters. The molecular formula is C19H20ClNO4. The van der Waals surface area contributed by atoms with Crippen molar-refractivity contribution in [2.75, 3.05) is 13.7 Å². The van der Waals surface area contributed by atoms with Gasteiger partial charge in [-0.05, 0) is 49.4 Å². The predicted octanol–water partition coefficient (Wildman–Crippen LogP) is 3.76. The van der Waals surface area contributed by atoms with Gasteiger partial charge in [-0.2, -0.15) is 0 Å². The SMILES string of the molecule is COc1ccc(OC(C)C(=O)NC2CCOc3ccc(Cl)cc32)cc1. The largest absolute Gasteiger partial charge is 0.497 e. The summed E-state index contributed by atoms with van der Waals surface area (Å²) in [7, 11) is 1.60. The van der Waals surface area contributed by atoms with Crippen LogP contribution in [0.2, 0.25) is 5.02 Å². The smallest absolute Gasteiger partial charge is 0.261 e. The zero-order valence-corrected chi connectivity index (χ0v) is 14.9. The predicted molar refractivity (Wildman–Crippen MR) is 95.5 cm³/mol. The summed E-state index contributed by atoms with van der Waals surface area (Å²) in [6, 6.07) is 12.4. The molecule has 0 spiro atoms. The fraction of sp³-hybridized carbons (Fsp3) is 0.316. The fourth-order valence-electron chi connectivity index (χ4n) is 2.72. The van der Waals surface area contributed by atoms with E-state index in [1.807, 2.05) is 12.1 Å². The van der Waals surface area contributed by atoms with Crippen molar-refractivity contribution in [3.63, 3.8) is 0 Å². The summed E-state index contributed by atoms with van der Waals surface area (Å²) >= 11 is 6.07. The van der Waals surface area contributed by atoms with E-state index in [0.29, 0.717) is 23.8 Å². The topological polar surface area (TPSA) is 56.8 Å². The highest BCUT2D eigenvalue weighted by atomic mass is 35.5. The molecular weight excluding hydrogens is 342 g/mol. The van der Waals surface area contributed by atoms with Gasteiger partial charge in [-0.15, -0.1) is 0 Å². The maximum Gasteiger partial charge on any atom is 0.261 e. The van der Waals surface area contributed by atoms with Gasteiger partial charge in [0.2, 0.25) is 0 Å². The van der Waals surface area contributed by atoms with E-state index in [1.54, 1.807) is 44.4 Å². The molecule has 0 bridgehead atoms. The number of fused-ring (bicyclic) bond motifs is 1. The number of halogens is 1. The Labute approximate surface area is 151 Å². The van der Waals surface area contributed by atoms with Crippen LogP contribution < -0.4 is 19.5 Å². The Balaban J connectivity index is 1.65. The molecule has 2 atom stereocenters. The molecule has 132 valence electrons. The third-order valence-electron chi connectivity index (χ3n) is 4.07. The van der Waals surface area contributed by atoms with Gasteiger partial charge >= 0.3 is 0 Å². The molecule has 0 aromatic heterocycles. The molecule has 3 rings (SSSR count). The van der Waals surface area contributed by atoms with Gasteiger partial charge in [0.15, 0.2) is 6.10 Å². The third kappa shape index (κ3) is 4.17. The number of carbonyl (C=O) groups excluding carboxylic acids is 1. The molecule has 2 aromatic carbocycles. The number of ether oxygens (including phenoxy) is 3. The monoisotopic (exact) mass is 361 g/mol. The number of hydrogen-bond acceptors (Lipinski definition) is 4. The van der Waals surface area contributed by atoms with Crippen LogP contribution in [0.1, 0.15) is 24.9 Å². The summed E-state index contributed by atoms with van der Waals surface area (Å²) in [6.07, 6.45) is 0.0628. The second-order valence-corrected chi connectivity index (χ2v) is 6.25. The first-order chi connectivity index (χ1) is 12.1. The van der Waals surface area contributed by atoms with E-state index in [4.69, 9.17) is 25.8 Å². The highest BCUT2D eigenvalue weighted by Crippen LogP contribution is 2.34. The van der Waals surface area contributed by atoms with Crippen molar-refractivity contribution in [3.05, 3.63) is 53.1 Å². The van der Waals surface area contributed by atoms with Gasteiger partial charge < -0.3 is 19.5 Å². The van der Waals surface area contributed by atoms with E-state index in [2.05, 4.69) is 5.32 Å². The Morgan fingerprint density at radius 1 is 1.24 bits per heavy atom. The lowest BCUT2D eigenvalue weighted by atomic mass is 10.0. The molecule has 1 amide bonds. The maximum absolute atomic E-state index is 12.5. The fourth-order valence-corrected chi connectivity index (χ4v) is 2.90. The van der Waals surface area contributed by atoms with E-state index in [9.17, 15) is 4.79 Å². The van der Waals surface area contributed by atoms with Gasteiger partial charge in [0.25, 0.3) is 5.91 Å². The van der Waals surface area contributed by atoms with E-state index in [-0.39, 0.29) is 11.9 Å². The van der Waals surface area contributed by atoms with Gasteiger partial charge in [-0.1, -0.05) is 11.6 Å². The van der Waals surface area contributed by atoms with E-state index >= 15 is 0 Å². The molecule has 0 radical (unpaired) electrons. The molecule has 0 saturated carbocycles. The molecule has 0 fully saturated rings. The highest BCUT2D eigenvalue weighted by Gasteiger charge is 2.25. The summed E-state index contributed by atoms with van der Waals surface area (Å²) in [4.78, 5) is 12.5. The van der Waals surface area contributed by atoms with Crippen molar-refractivity contribution >= 4 is 17.5 Å². The lowest BCUT2D eigenvalue weighted by Gasteiger charge is -2.28. The first kappa shape index (κ1) is 17.4. The van der Waals surface area contributed by atoms with Crippen molar-refractivity contribution in [1.82, 2.24) is 5.32 Å². The van der Waals surface area contributed by atoms with Crippen molar-refractivity contribution in [2.24, 2.45) is 0 Å². The van der Waals surface area contributed by atoms with Crippen LogP contribution in [-0.2, 0) is 4.79 Å². The number of carbonyl (C=O) groups is 1. The van der Waals surface area contributed by atoms with Crippen LogP contribution in [0.25, 0.3) is 0 Å². The maximum atomic E-state index is 12.5. The van der Waals surface area contributed by atoms with Crippen LogP contribution in [0, 0.1) is 0 Å². The minimum absolute atomic E-state index is 0.142. The third-order valence-corrected chi connectivity index (χ3v) is 4.30. The van der Waals surface area contributed by atoms with Gasteiger partial charge in [0, 0.05) is 17.0 Å². The molecule has 5 nitrogen and oxygen atoms in total. The lowest BCUT2D eigenvalue weighted by molar-refractivity contribution is -0.128. The van der Waals surface area contributed by atoms with Crippen molar-refractivity contribution in [3.8, 4) is 17.2 Å². The van der Waals surface area contributed by atoms with Crippen LogP contribution >= 0.6 is 11.6 Å². The zero-order valence-electron chi connectivity index (χ0n) is 14.1. The van der Waals surface area contributed by atoms with Crippen LogP contribution in [0.3, 0.4) is 0 Å². The van der Waals surface area contributed by atoms with Gasteiger partial charge in [0.05, 0.1) is 19.8 Å². The average molecular weight is 362 g/mol. The summed E-state index contributed by atoms with van der Waals surface area (Å²) in [6.45, 7) is 2.27. The summed E-state index contributed by atoms with van der Waals surface area (Å²) < 4.78 is 16.4. The van der Waals surface area contributed by atoms with Crippen molar-refractivity contribution in [2.45, 2.75) is 25.5 Å². The van der Waals surface area contributed by atoms with Crippen LogP contribution in [0.15, 0.2) is 42.5 Å². The van der Waals surface area contributed by atoms with Crippen molar-refractivity contribution in [1.29, 1.82) is 0 Å². The van der Waals surface area contributed by atoms with E-state index in [0.717, 1.165) is 17.1 Å². The molecule has 1 aliphatic heterocycles. The quantitative estimate of drug-likeness (QED) is 0.881. The van der Waals surface area contributed by atoms with Gasteiger partial charge in [-0.25, -0.2) is 0 Å². The lowest BCUT2D eigenvalue weighted by Crippen LogP contribution is -2.40. The number of nitrogens with one attached hydrogen (secondary N) is 1. The summed E-state index contributed by atoms with van der Waals surface area (Å²) in [5, 5.41) is 3.63. The van der Waals surface area contributed by atoms with Crippen LogP contribution in [0.4, 0.5) is 0 Å². The first-order valence-electron chi connectivity index (χ1n) is 8.10. The zero-order chi connectivity index (χ0) is 17.8. The van der Waals surface area contributed by atoms with E-state index < -0.39 is 6.10 Å². The summed E-state index contributed by atoms with van der Waals surface area (Å²) in [5.74, 6) is 1.91. The summed E-state index contributed by atoms with van der Waals surface area (Å²) in [5.41, 5.74) is 0.892. The Morgan fingerprint density at radius 2 is 1.96 bits per heavy atom. The Kier molecular flexibility index (Phi) is 5.34. The van der Waals surface area contributed by atoms with Crippen LogP contribution in [0.5, 0.6) is 17.2 Å². The number of benzene rings is 2. The second kappa shape index (κ2) is 7.66. The number of methoxy groups -OCH3 is 1. The molecule has 0 saturated heterocycles. The first-order valence-corrected chi connectivity index (χ1v) is 8.48. The minimum Gasteiger partial charge on any atom is -0.497 e. The molecule has 0 aliphatic carbocycles. The van der Waals surface area contributed by atoms with E-state index in [1.165, 1.54) is 0 Å². The number of hydrogen-bond donors (Lipinski definition) is 1. The molecule has 1 aliphatic rings. The Bertz CT molecular complexity index is 748. The number of rotatable bonds is 5. The molecule has 6 heteroatoms. The van der Waals surface area contributed by atoms with Crippen molar-refractivity contribution < 1.29 is 19.0 Å². The Hall–Kier alpha value is -2.40. The molecule has 1 heterocycles.